The average molecular weight is 246 g/mol. The number of imide groups is 1. The monoisotopic (exact) mass is 246 g/mol. The third-order valence-corrected chi connectivity index (χ3v) is 2.47. The summed E-state index contributed by atoms with van der Waals surface area (Å²) < 4.78 is 4.89. The van der Waals surface area contributed by atoms with Gasteiger partial charge >= 0.3 is 0 Å². The molecule has 0 aromatic heterocycles. The van der Waals surface area contributed by atoms with E-state index in [0.717, 1.165) is 17.1 Å². The number of carbonyl (C=O) groups excluding carboxylic acids is 3. The molecule has 6 heteroatoms. The largest absolute Gasteiger partial charge is 0.545 e. The second kappa shape index (κ2) is 4.33. The fourth-order valence-corrected chi connectivity index (χ4v) is 1.64. The lowest BCUT2D eigenvalue weighted by Gasteiger charge is -2.16. The van der Waals surface area contributed by atoms with Crippen molar-refractivity contribution in [2.45, 2.75) is 0 Å². The Bertz CT molecular complexity index is 558. The van der Waals surface area contributed by atoms with Gasteiger partial charge in [0, 0.05) is 23.8 Å². The molecule has 92 valence electrons. The van der Waals surface area contributed by atoms with Gasteiger partial charge in [0.25, 0.3) is 11.8 Å². The van der Waals surface area contributed by atoms with Crippen LogP contribution in [0.4, 0.5) is 5.69 Å². The summed E-state index contributed by atoms with van der Waals surface area (Å²) in [6.07, 6.45) is 2.28. The number of methoxy groups -OCH3 is 1. The van der Waals surface area contributed by atoms with E-state index in [2.05, 4.69) is 0 Å². The fourth-order valence-electron chi connectivity index (χ4n) is 1.64. The maximum Gasteiger partial charge on any atom is 0.258 e. The van der Waals surface area contributed by atoms with Gasteiger partial charge in [0.15, 0.2) is 0 Å². The first-order valence-electron chi connectivity index (χ1n) is 5.00. The quantitative estimate of drug-likeness (QED) is 0.670. The Labute approximate surface area is 102 Å². The number of nitrogens with zero attached hydrogens (tertiary/aromatic N) is 1. The number of hydrogen-bond donors (Lipinski definition) is 0. The Morgan fingerprint density at radius 2 is 1.83 bits per heavy atom. The van der Waals surface area contributed by atoms with Crippen LogP contribution in [0.5, 0.6) is 5.75 Å². The maximum absolute atomic E-state index is 11.5. The summed E-state index contributed by atoms with van der Waals surface area (Å²) in [4.78, 5) is 34.6. The Morgan fingerprint density at radius 3 is 2.33 bits per heavy atom. The van der Waals surface area contributed by atoms with Gasteiger partial charge in [0.1, 0.15) is 5.75 Å². The van der Waals surface area contributed by atoms with E-state index < -0.39 is 17.8 Å². The molecule has 0 atom stereocenters. The lowest BCUT2D eigenvalue weighted by molar-refractivity contribution is -0.255. The third-order valence-electron chi connectivity index (χ3n) is 2.47. The first-order chi connectivity index (χ1) is 8.54. The van der Waals surface area contributed by atoms with Crippen molar-refractivity contribution in [2.75, 3.05) is 12.0 Å². The molecule has 0 saturated carbocycles. The molecule has 0 N–H and O–H groups in total. The van der Waals surface area contributed by atoms with Crippen LogP contribution in [0.3, 0.4) is 0 Å². The average Bonchev–Trinajstić information content (AvgIpc) is 2.68. The first-order valence-corrected chi connectivity index (χ1v) is 5.00. The van der Waals surface area contributed by atoms with Crippen molar-refractivity contribution in [1.29, 1.82) is 0 Å². The standard InChI is InChI=1S/C12H9NO5/c1-18-9-6-7(2-3-8(9)12(16)17)13-10(14)4-5-11(13)15/h2-6H,1H3,(H,16,17)/p-1. The molecule has 6 nitrogen and oxygen atoms in total. The van der Waals surface area contributed by atoms with E-state index in [1.54, 1.807) is 0 Å². The highest BCUT2D eigenvalue weighted by Crippen LogP contribution is 2.27. The minimum atomic E-state index is -1.39. The van der Waals surface area contributed by atoms with Crippen LogP contribution in [0.15, 0.2) is 30.4 Å². The van der Waals surface area contributed by atoms with E-state index in [4.69, 9.17) is 4.74 Å². The predicted molar refractivity (Wildman–Crippen MR) is 59.0 cm³/mol. The summed E-state index contributed by atoms with van der Waals surface area (Å²) in [5, 5.41) is 10.8. The zero-order chi connectivity index (χ0) is 13.3. The Balaban J connectivity index is 2.45. The van der Waals surface area contributed by atoms with Crippen LogP contribution in [-0.4, -0.2) is 24.9 Å². The number of ether oxygens (including phenoxy) is 1. The number of benzene rings is 1. The van der Waals surface area contributed by atoms with Gasteiger partial charge in [-0.2, -0.15) is 0 Å². The van der Waals surface area contributed by atoms with Crippen molar-refractivity contribution in [2.24, 2.45) is 0 Å². The molecule has 2 amide bonds. The minimum absolute atomic E-state index is 0.0278. The Kier molecular flexibility index (Phi) is 2.85. The summed E-state index contributed by atoms with van der Waals surface area (Å²) in [5.74, 6) is -2.33. The number of carboxylic acid groups (broad SMARTS) is 1. The molecule has 1 aromatic carbocycles. The van der Waals surface area contributed by atoms with E-state index in [1.165, 1.54) is 25.3 Å². The predicted octanol–water partition coefficient (Wildman–Crippen LogP) is -0.512. The highest BCUT2D eigenvalue weighted by molar-refractivity contribution is 6.28. The van der Waals surface area contributed by atoms with Crippen molar-refractivity contribution in [3.05, 3.63) is 35.9 Å². The molecule has 0 spiro atoms. The molecule has 0 saturated heterocycles. The van der Waals surface area contributed by atoms with Crippen molar-refractivity contribution >= 4 is 23.5 Å². The molecule has 2 rings (SSSR count). The molecule has 1 aromatic rings. The summed E-state index contributed by atoms with van der Waals surface area (Å²) in [5.41, 5.74) is 0.102. The lowest BCUT2D eigenvalue weighted by Crippen LogP contribution is -2.30. The van der Waals surface area contributed by atoms with Gasteiger partial charge in [0.05, 0.1) is 18.8 Å². The van der Waals surface area contributed by atoms with Crippen molar-refractivity contribution in [3.63, 3.8) is 0 Å². The Hall–Kier alpha value is -2.63. The normalized spacial score (nSPS) is 14.2. The van der Waals surface area contributed by atoms with Gasteiger partial charge in [-0.05, 0) is 12.1 Å². The van der Waals surface area contributed by atoms with Crippen LogP contribution in [0.1, 0.15) is 10.4 Å². The fraction of sp³-hybridized carbons (Fsp3) is 0.0833. The lowest BCUT2D eigenvalue weighted by atomic mass is 10.1. The smallest absolute Gasteiger partial charge is 0.258 e. The van der Waals surface area contributed by atoms with Gasteiger partial charge < -0.3 is 14.6 Å². The summed E-state index contributed by atoms with van der Waals surface area (Å²) >= 11 is 0. The number of carbonyl (C=O) groups is 3. The molecule has 0 fully saturated rings. The number of rotatable bonds is 3. The highest BCUT2D eigenvalue weighted by Gasteiger charge is 2.25. The molecule has 0 unspecified atom stereocenters. The van der Waals surface area contributed by atoms with Crippen molar-refractivity contribution < 1.29 is 24.2 Å². The number of amides is 2. The van der Waals surface area contributed by atoms with Gasteiger partial charge in [-0.25, -0.2) is 4.90 Å². The van der Waals surface area contributed by atoms with E-state index in [0.29, 0.717) is 0 Å². The zero-order valence-electron chi connectivity index (χ0n) is 9.38. The summed E-state index contributed by atoms with van der Waals surface area (Å²) in [6, 6.07) is 3.87. The van der Waals surface area contributed by atoms with E-state index in [1.807, 2.05) is 0 Å². The molecule has 0 aliphatic carbocycles. The molecule has 1 heterocycles. The molecule has 1 aliphatic heterocycles. The van der Waals surface area contributed by atoms with Crippen LogP contribution in [0.25, 0.3) is 0 Å². The minimum Gasteiger partial charge on any atom is -0.545 e. The van der Waals surface area contributed by atoms with E-state index in [9.17, 15) is 19.5 Å². The number of hydrogen-bond acceptors (Lipinski definition) is 5. The summed E-state index contributed by atoms with van der Waals surface area (Å²) in [6.45, 7) is 0. The van der Waals surface area contributed by atoms with E-state index in [-0.39, 0.29) is 17.0 Å². The third kappa shape index (κ3) is 1.84. The molecular formula is C12H8NO5-. The topological polar surface area (TPSA) is 86.7 Å². The molecular weight excluding hydrogens is 238 g/mol. The SMILES string of the molecule is COc1cc(N2C(=O)C=CC2=O)ccc1C(=O)[O-]. The van der Waals surface area contributed by atoms with Crippen LogP contribution in [0.2, 0.25) is 0 Å². The van der Waals surface area contributed by atoms with Gasteiger partial charge in [0.2, 0.25) is 0 Å². The Morgan fingerprint density at radius 1 is 1.22 bits per heavy atom. The van der Waals surface area contributed by atoms with Gasteiger partial charge in [-0.3, -0.25) is 9.59 Å². The van der Waals surface area contributed by atoms with Crippen LogP contribution in [0, 0.1) is 0 Å². The van der Waals surface area contributed by atoms with Crippen LogP contribution >= 0.6 is 0 Å². The molecule has 1 aliphatic rings. The number of aromatic carboxylic acids is 1. The van der Waals surface area contributed by atoms with Gasteiger partial charge in [-0.1, -0.05) is 0 Å². The molecule has 18 heavy (non-hydrogen) atoms. The molecule has 0 bridgehead atoms. The maximum atomic E-state index is 11.5. The summed E-state index contributed by atoms with van der Waals surface area (Å²) in [7, 11) is 1.29. The second-order valence-corrected chi connectivity index (χ2v) is 3.52. The number of anilines is 1. The van der Waals surface area contributed by atoms with E-state index >= 15 is 0 Å². The zero-order valence-corrected chi connectivity index (χ0v) is 9.38. The second-order valence-electron chi connectivity index (χ2n) is 3.52. The highest BCUT2D eigenvalue weighted by atomic mass is 16.5. The first kappa shape index (κ1) is 11.8. The molecule has 0 radical (unpaired) electrons. The number of carboxylic acids is 1. The van der Waals surface area contributed by atoms with Gasteiger partial charge in [-0.15, -0.1) is 0 Å². The van der Waals surface area contributed by atoms with Crippen molar-refractivity contribution in [1.82, 2.24) is 0 Å². The van der Waals surface area contributed by atoms with Crippen molar-refractivity contribution in [3.8, 4) is 5.75 Å². The van der Waals surface area contributed by atoms with Crippen LogP contribution < -0.4 is 14.7 Å². The van der Waals surface area contributed by atoms with Crippen LogP contribution in [-0.2, 0) is 9.59 Å².